The van der Waals surface area contributed by atoms with E-state index >= 15 is 0 Å². The second-order valence-electron chi connectivity index (χ2n) is 3.03. The van der Waals surface area contributed by atoms with Crippen LogP contribution in [0.4, 0.5) is 0 Å². The fraction of sp³-hybridized carbons (Fsp3) is 0. The molecule has 0 radical (unpaired) electrons. The van der Waals surface area contributed by atoms with Crippen LogP contribution >= 0.6 is 47.3 Å². The minimum absolute atomic E-state index is 0.440. The van der Waals surface area contributed by atoms with Crippen LogP contribution in [0.25, 0.3) is 0 Å². The van der Waals surface area contributed by atoms with Crippen LogP contribution in [0, 0.1) is 0 Å². The second-order valence-corrected chi connectivity index (χ2v) is 22.2. The molecule has 0 saturated carbocycles. The average molecular weight is 648 g/mol. The van der Waals surface area contributed by atoms with Gasteiger partial charge >= 0.3 is 49.7 Å². The van der Waals surface area contributed by atoms with Gasteiger partial charge in [-0.05, 0) is 0 Å². The summed E-state index contributed by atoms with van der Waals surface area (Å²) in [6.45, 7) is 0. The van der Waals surface area contributed by atoms with E-state index in [9.17, 15) is 4.89 Å². The molecule has 0 fully saturated rings. The summed E-state index contributed by atoms with van der Waals surface area (Å²) in [7, 11) is -0.731. The van der Waals surface area contributed by atoms with Crippen molar-refractivity contribution in [3.05, 3.63) is 60.7 Å². The SMILES string of the molecule is OP(c1ccccc1)c1ccccc1.[I][Ir][I]. The molecule has 5 heteroatoms. The first kappa shape index (κ1) is 16.0. The fourth-order valence-electron chi connectivity index (χ4n) is 1.29. The third-order valence-electron chi connectivity index (χ3n) is 2.00. The molecule has 0 aromatic heterocycles. The number of hydrogen-bond donors (Lipinski definition) is 1. The van der Waals surface area contributed by atoms with Crippen molar-refractivity contribution in [1.82, 2.24) is 0 Å². The van der Waals surface area contributed by atoms with Crippen molar-refractivity contribution < 1.29 is 15.4 Å². The number of hydrogen-bond acceptors (Lipinski definition) is 1. The van der Waals surface area contributed by atoms with Crippen LogP contribution < -0.4 is 10.6 Å². The van der Waals surface area contributed by atoms with Crippen LogP contribution in [-0.2, 0) is 10.5 Å². The van der Waals surface area contributed by atoms with E-state index < -0.39 is 8.15 Å². The van der Waals surface area contributed by atoms with E-state index in [4.69, 9.17) is 0 Å². The van der Waals surface area contributed by atoms with E-state index in [0.29, 0.717) is 10.5 Å². The van der Waals surface area contributed by atoms with Gasteiger partial charge in [0.1, 0.15) is 0 Å². The number of rotatable bonds is 2. The van der Waals surface area contributed by atoms with Crippen LogP contribution in [0.2, 0.25) is 0 Å². The van der Waals surface area contributed by atoms with E-state index in [1.165, 1.54) is 0 Å². The molecular formula is C12H11I2IrOP. The fourth-order valence-corrected chi connectivity index (χ4v) is 2.49. The molecule has 2 aromatic rings. The molecule has 1 N–H and O–H groups in total. The zero-order chi connectivity index (χ0) is 12.5. The first-order valence-corrected chi connectivity index (χ1v) is 19.6. The summed E-state index contributed by atoms with van der Waals surface area (Å²) < 4.78 is 0. The summed E-state index contributed by atoms with van der Waals surface area (Å²) in [5, 5.41) is 1.99. The zero-order valence-corrected chi connectivity index (χ0v) is 16.4. The van der Waals surface area contributed by atoms with E-state index in [2.05, 4.69) is 39.2 Å². The Hall–Kier alpha value is 0.939. The average Bonchev–Trinajstić information content (AvgIpc) is 2.41. The number of benzene rings is 2. The van der Waals surface area contributed by atoms with Crippen LogP contribution in [0.1, 0.15) is 0 Å². The Morgan fingerprint density at radius 1 is 0.765 bits per heavy atom. The van der Waals surface area contributed by atoms with Crippen molar-refractivity contribution in [2.45, 2.75) is 0 Å². The summed E-state index contributed by atoms with van der Waals surface area (Å²) in [6, 6.07) is 19.5. The normalized spacial score (nSPS) is 9.88. The van der Waals surface area contributed by atoms with Gasteiger partial charge in [0.25, 0.3) is 0 Å². The van der Waals surface area contributed by atoms with Gasteiger partial charge in [-0.2, -0.15) is 0 Å². The van der Waals surface area contributed by atoms with Crippen molar-refractivity contribution in [1.29, 1.82) is 0 Å². The van der Waals surface area contributed by atoms with Crippen molar-refractivity contribution in [3.8, 4) is 0 Å². The first-order chi connectivity index (χ1) is 8.29. The standard InChI is InChI=1S/C12H11OP.2HI.Ir/c13-14(11-7-3-1-4-8-11)12-9-5-2-6-10-12;;;/h1-10,13H;2*1H;/q;;;+2/p-2. The third-order valence-corrected chi connectivity index (χ3v) is 3.58. The van der Waals surface area contributed by atoms with E-state index in [0.717, 1.165) is 10.6 Å². The predicted molar refractivity (Wildman–Crippen MR) is 89.3 cm³/mol. The molecule has 0 bridgehead atoms. The number of halogens is 2. The molecule has 0 amide bonds. The van der Waals surface area contributed by atoms with Gasteiger partial charge in [-0.3, -0.25) is 0 Å². The quantitative estimate of drug-likeness (QED) is 0.389. The Kier molecular flexibility index (Phi) is 9.24. The molecule has 0 spiro atoms. The van der Waals surface area contributed by atoms with Gasteiger partial charge in [-0.25, -0.2) is 0 Å². The molecule has 0 aliphatic rings. The predicted octanol–water partition coefficient (Wildman–Crippen LogP) is 3.80. The van der Waals surface area contributed by atoms with Crippen molar-refractivity contribution >= 4 is 57.9 Å². The summed E-state index contributed by atoms with van der Waals surface area (Å²) in [5.74, 6) is 0. The third kappa shape index (κ3) is 6.08. The van der Waals surface area contributed by atoms with Gasteiger partial charge in [0.05, 0.1) is 8.15 Å². The molecule has 2 rings (SSSR count). The Morgan fingerprint density at radius 2 is 1.06 bits per heavy atom. The van der Waals surface area contributed by atoms with Gasteiger partial charge in [0, 0.05) is 10.6 Å². The maximum absolute atomic E-state index is 10.1. The Morgan fingerprint density at radius 3 is 1.35 bits per heavy atom. The molecule has 0 heterocycles. The minimum atomic E-state index is -1.17. The van der Waals surface area contributed by atoms with Gasteiger partial charge in [0.2, 0.25) is 0 Å². The molecule has 17 heavy (non-hydrogen) atoms. The Labute approximate surface area is 132 Å². The molecule has 93 valence electrons. The van der Waals surface area contributed by atoms with Crippen molar-refractivity contribution in [3.63, 3.8) is 0 Å². The van der Waals surface area contributed by atoms with Crippen LogP contribution in [-0.4, -0.2) is 4.89 Å². The molecule has 2 aromatic carbocycles. The molecule has 0 atom stereocenters. The first-order valence-electron chi connectivity index (χ1n) is 4.72. The van der Waals surface area contributed by atoms with Crippen LogP contribution in [0.3, 0.4) is 0 Å². The molecule has 1 nitrogen and oxygen atoms in total. The topological polar surface area (TPSA) is 20.2 Å². The monoisotopic (exact) mass is 649 g/mol. The Bertz CT molecular complexity index is 374. The van der Waals surface area contributed by atoms with Crippen LogP contribution in [0.15, 0.2) is 60.7 Å². The molecular weight excluding hydrogens is 637 g/mol. The maximum atomic E-state index is 10.1. The molecule has 0 unspecified atom stereocenters. The van der Waals surface area contributed by atoms with Gasteiger partial charge in [-0.1, -0.05) is 60.7 Å². The zero-order valence-electron chi connectivity index (χ0n) is 8.76. The molecule has 0 aliphatic carbocycles. The van der Waals surface area contributed by atoms with Gasteiger partial charge in [-0.15, -0.1) is 0 Å². The van der Waals surface area contributed by atoms with Crippen molar-refractivity contribution in [2.75, 3.05) is 0 Å². The molecule has 0 saturated heterocycles. The van der Waals surface area contributed by atoms with Crippen LogP contribution in [0.5, 0.6) is 0 Å². The van der Waals surface area contributed by atoms with E-state index in [-0.39, 0.29) is 0 Å². The Balaban J connectivity index is 0.000000437. The summed E-state index contributed by atoms with van der Waals surface area (Å²) in [6.07, 6.45) is 0. The summed E-state index contributed by atoms with van der Waals surface area (Å²) in [5.41, 5.74) is 0. The molecule has 0 aliphatic heterocycles. The van der Waals surface area contributed by atoms with E-state index in [1.54, 1.807) is 0 Å². The van der Waals surface area contributed by atoms with E-state index in [1.807, 2.05) is 60.7 Å². The summed E-state index contributed by atoms with van der Waals surface area (Å²) >= 11 is 4.80. The van der Waals surface area contributed by atoms with Crippen molar-refractivity contribution in [2.24, 2.45) is 0 Å². The summed E-state index contributed by atoms with van der Waals surface area (Å²) in [4.78, 5) is 10.1. The second kappa shape index (κ2) is 9.82. The van der Waals surface area contributed by atoms with Gasteiger partial charge in [0.15, 0.2) is 0 Å². The van der Waals surface area contributed by atoms with Gasteiger partial charge < -0.3 is 4.89 Å².